The second kappa shape index (κ2) is 5.83. The normalized spacial score (nSPS) is 22.4. The first kappa shape index (κ1) is 13.4. The molecule has 0 aliphatic carbocycles. The van der Waals surface area contributed by atoms with Gasteiger partial charge >= 0.3 is 0 Å². The van der Waals surface area contributed by atoms with Gasteiger partial charge in [0.2, 0.25) is 5.91 Å². The number of nitrogens with zero attached hydrogens (tertiary/aromatic N) is 1. The molecule has 1 fully saturated rings. The van der Waals surface area contributed by atoms with Crippen molar-refractivity contribution >= 4 is 5.91 Å². The van der Waals surface area contributed by atoms with Crippen LogP contribution in [0.4, 0.5) is 0 Å². The van der Waals surface area contributed by atoms with Crippen LogP contribution in [0.15, 0.2) is 24.3 Å². The number of hydrogen-bond acceptors (Lipinski definition) is 3. The van der Waals surface area contributed by atoms with Gasteiger partial charge in [-0.25, -0.2) is 0 Å². The molecule has 1 aromatic carbocycles. The molecular weight excluding hydrogens is 252 g/mol. The molecule has 2 aliphatic rings. The van der Waals surface area contributed by atoms with Crippen LogP contribution in [0.1, 0.15) is 24.3 Å². The second-order valence-electron chi connectivity index (χ2n) is 5.73. The number of amides is 1. The smallest absolute Gasteiger partial charge is 0.233 e. The van der Waals surface area contributed by atoms with Gasteiger partial charge < -0.3 is 15.0 Å². The third kappa shape index (κ3) is 2.52. The number of benzene rings is 1. The molecule has 0 bridgehead atoms. The lowest BCUT2D eigenvalue weighted by atomic mass is 9.94. The van der Waals surface area contributed by atoms with E-state index in [1.807, 2.05) is 36.2 Å². The van der Waals surface area contributed by atoms with Crippen LogP contribution in [0.3, 0.4) is 0 Å². The maximum Gasteiger partial charge on any atom is 0.233 e. The van der Waals surface area contributed by atoms with Crippen molar-refractivity contribution in [1.29, 1.82) is 0 Å². The maximum atomic E-state index is 12.7. The number of carbonyl (C=O) groups is 1. The van der Waals surface area contributed by atoms with E-state index in [-0.39, 0.29) is 11.8 Å². The molecule has 108 valence electrons. The number of piperidine rings is 1. The molecule has 2 aliphatic heterocycles. The van der Waals surface area contributed by atoms with Crippen LogP contribution in [0.2, 0.25) is 0 Å². The summed E-state index contributed by atoms with van der Waals surface area (Å²) in [6, 6.07) is 7.89. The molecule has 1 N–H and O–H groups in total. The number of nitrogens with one attached hydrogen (secondary N) is 1. The predicted octanol–water partition coefficient (Wildman–Crippen LogP) is 1.62. The monoisotopic (exact) mass is 274 g/mol. The Labute approximate surface area is 120 Å². The number of carbonyl (C=O) groups excluding carboxylic acids is 1. The van der Waals surface area contributed by atoms with Crippen molar-refractivity contribution < 1.29 is 9.53 Å². The van der Waals surface area contributed by atoms with E-state index in [0.29, 0.717) is 12.5 Å². The predicted molar refractivity (Wildman–Crippen MR) is 77.9 cm³/mol. The topological polar surface area (TPSA) is 41.6 Å². The zero-order chi connectivity index (χ0) is 13.9. The van der Waals surface area contributed by atoms with Gasteiger partial charge in [0.05, 0.1) is 0 Å². The van der Waals surface area contributed by atoms with E-state index in [9.17, 15) is 4.79 Å². The van der Waals surface area contributed by atoms with Gasteiger partial charge in [-0.15, -0.1) is 0 Å². The first-order chi connectivity index (χ1) is 9.79. The van der Waals surface area contributed by atoms with Crippen LogP contribution < -0.4 is 10.1 Å². The molecule has 2 heterocycles. The number of likely N-dealkylation sites (tertiary alicyclic amines) is 1. The zero-order valence-electron chi connectivity index (χ0n) is 12.0. The van der Waals surface area contributed by atoms with E-state index in [1.165, 1.54) is 0 Å². The molecule has 1 atom stereocenters. The van der Waals surface area contributed by atoms with E-state index in [2.05, 4.69) is 5.32 Å². The molecule has 1 amide bonds. The van der Waals surface area contributed by atoms with Crippen molar-refractivity contribution in [2.45, 2.75) is 18.8 Å². The molecule has 1 aromatic rings. The Kier molecular flexibility index (Phi) is 3.92. The summed E-state index contributed by atoms with van der Waals surface area (Å²) in [5, 5.41) is 3.23. The van der Waals surface area contributed by atoms with Gasteiger partial charge in [0, 0.05) is 18.7 Å². The quantitative estimate of drug-likeness (QED) is 0.910. The summed E-state index contributed by atoms with van der Waals surface area (Å²) in [6.45, 7) is 3.31. The minimum atomic E-state index is -0.105. The van der Waals surface area contributed by atoms with Crippen LogP contribution >= 0.6 is 0 Å². The third-order valence-corrected chi connectivity index (χ3v) is 4.42. The van der Waals surface area contributed by atoms with Crippen LogP contribution in [0.5, 0.6) is 5.75 Å². The van der Waals surface area contributed by atoms with Gasteiger partial charge in [-0.05, 0) is 38.4 Å². The highest BCUT2D eigenvalue weighted by molar-refractivity contribution is 5.85. The van der Waals surface area contributed by atoms with Gasteiger partial charge in [0.15, 0.2) is 0 Å². The summed E-state index contributed by atoms with van der Waals surface area (Å²) in [6.07, 6.45) is 2.20. The Bertz CT molecular complexity index is 481. The minimum absolute atomic E-state index is 0.105. The van der Waals surface area contributed by atoms with E-state index in [4.69, 9.17) is 4.74 Å². The Balaban J connectivity index is 1.64. The van der Waals surface area contributed by atoms with Gasteiger partial charge in [0.25, 0.3) is 0 Å². The van der Waals surface area contributed by atoms with Crippen molar-refractivity contribution in [3.05, 3.63) is 29.8 Å². The van der Waals surface area contributed by atoms with Crippen LogP contribution in [-0.4, -0.2) is 44.1 Å². The molecular formula is C16H22N2O2. The lowest BCUT2D eigenvalue weighted by molar-refractivity contribution is -0.134. The molecule has 20 heavy (non-hydrogen) atoms. The second-order valence-corrected chi connectivity index (χ2v) is 5.73. The molecule has 1 unspecified atom stereocenters. The molecule has 4 nitrogen and oxygen atoms in total. The fourth-order valence-corrected chi connectivity index (χ4v) is 3.23. The Morgan fingerprint density at radius 3 is 2.85 bits per heavy atom. The summed E-state index contributed by atoms with van der Waals surface area (Å²) in [7, 11) is 1.99. The largest absolute Gasteiger partial charge is 0.492 e. The standard InChI is InChI=1S/C16H22N2O2/c1-17-10-12-6-8-18(9-7-12)16(19)14-11-20-15-5-3-2-4-13(14)15/h2-5,12,14,17H,6-11H2,1H3. The first-order valence-corrected chi connectivity index (χ1v) is 7.44. The number of hydrogen-bond donors (Lipinski definition) is 1. The molecule has 4 heteroatoms. The highest BCUT2D eigenvalue weighted by Gasteiger charge is 2.34. The van der Waals surface area contributed by atoms with Crippen LogP contribution in [-0.2, 0) is 4.79 Å². The van der Waals surface area contributed by atoms with Crippen molar-refractivity contribution in [2.75, 3.05) is 33.3 Å². The fourth-order valence-electron chi connectivity index (χ4n) is 3.23. The Morgan fingerprint density at radius 2 is 2.10 bits per heavy atom. The summed E-state index contributed by atoms with van der Waals surface area (Å²) in [4.78, 5) is 14.7. The maximum absolute atomic E-state index is 12.7. The van der Waals surface area contributed by atoms with Gasteiger partial charge in [-0.2, -0.15) is 0 Å². The van der Waals surface area contributed by atoms with E-state index < -0.39 is 0 Å². The lowest BCUT2D eigenvalue weighted by Gasteiger charge is -2.33. The van der Waals surface area contributed by atoms with Crippen molar-refractivity contribution in [2.24, 2.45) is 5.92 Å². The van der Waals surface area contributed by atoms with Gasteiger partial charge in [0.1, 0.15) is 18.3 Å². The molecule has 0 saturated carbocycles. The Hall–Kier alpha value is -1.55. The van der Waals surface area contributed by atoms with Crippen molar-refractivity contribution in [3.63, 3.8) is 0 Å². The molecule has 0 radical (unpaired) electrons. The lowest BCUT2D eigenvalue weighted by Crippen LogP contribution is -2.42. The van der Waals surface area contributed by atoms with Gasteiger partial charge in [-0.1, -0.05) is 18.2 Å². The zero-order valence-corrected chi connectivity index (χ0v) is 12.0. The number of fused-ring (bicyclic) bond motifs is 1. The highest BCUT2D eigenvalue weighted by Crippen LogP contribution is 2.35. The van der Waals surface area contributed by atoms with E-state index in [0.717, 1.165) is 43.8 Å². The summed E-state index contributed by atoms with van der Waals surface area (Å²) < 4.78 is 5.63. The van der Waals surface area contributed by atoms with Crippen LogP contribution in [0.25, 0.3) is 0 Å². The van der Waals surface area contributed by atoms with Crippen molar-refractivity contribution in [1.82, 2.24) is 10.2 Å². The van der Waals surface area contributed by atoms with E-state index >= 15 is 0 Å². The first-order valence-electron chi connectivity index (χ1n) is 7.44. The summed E-state index contributed by atoms with van der Waals surface area (Å²) >= 11 is 0. The van der Waals surface area contributed by atoms with Crippen LogP contribution in [0, 0.1) is 5.92 Å². The van der Waals surface area contributed by atoms with Gasteiger partial charge in [-0.3, -0.25) is 4.79 Å². The third-order valence-electron chi connectivity index (χ3n) is 4.42. The molecule has 3 rings (SSSR count). The molecule has 0 aromatic heterocycles. The fraction of sp³-hybridized carbons (Fsp3) is 0.562. The SMILES string of the molecule is CNCC1CCN(C(=O)C2COc3ccccc32)CC1. The average Bonchev–Trinajstić information content (AvgIpc) is 2.92. The highest BCUT2D eigenvalue weighted by atomic mass is 16.5. The molecule has 0 spiro atoms. The average molecular weight is 274 g/mol. The number of ether oxygens (including phenoxy) is 1. The van der Waals surface area contributed by atoms with Crippen molar-refractivity contribution in [3.8, 4) is 5.75 Å². The minimum Gasteiger partial charge on any atom is -0.492 e. The molecule has 1 saturated heterocycles. The summed E-state index contributed by atoms with van der Waals surface area (Å²) in [5.41, 5.74) is 1.05. The van der Waals surface area contributed by atoms with E-state index in [1.54, 1.807) is 0 Å². The Morgan fingerprint density at radius 1 is 1.35 bits per heavy atom. The summed E-state index contributed by atoms with van der Waals surface area (Å²) in [5.74, 6) is 1.71. The number of rotatable bonds is 3. The number of para-hydroxylation sites is 1.